The predicted octanol–water partition coefficient (Wildman–Crippen LogP) is 1.87. The maximum atomic E-state index is 13.4. The van der Waals surface area contributed by atoms with Crippen LogP contribution in [-0.4, -0.2) is 19.3 Å². The standard InChI is InChI=1S/C12H15F2NO/c13-10-2-1-3-11(14)9(10)6-8-7-16-5-4-12(8)15/h1-3,8,12H,4-7,15H2. The van der Waals surface area contributed by atoms with E-state index >= 15 is 0 Å². The molecule has 2 nitrogen and oxygen atoms in total. The topological polar surface area (TPSA) is 35.2 Å². The van der Waals surface area contributed by atoms with Crippen molar-refractivity contribution in [3.05, 3.63) is 35.4 Å². The molecule has 2 unspecified atom stereocenters. The SMILES string of the molecule is NC1CCOCC1Cc1c(F)cccc1F. The highest BCUT2D eigenvalue weighted by Gasteiger charge is 2.24. The number of hydrogen-bond donors (Lipinski definition) is 1. The van der Waals surface area contributed by atoms with Crippen LogP contribution >= 0.6 is 0 Å². The maximum absolute atomic E-state index is 13.4. The van der Waals surface area contributed by atoms with Crippen molar-refractivity contribution in [2.24, 2.45) is 11.7 Å². The Morgan fingerprint density at radius 2 is 2.00 bits per heavy atom. The van der Waals surface area contributed by atoms with Gasteiger partial charge in [0.2, 0.25) is 0 Å². The molecule has 1 heterocycles. The number of rotatable bonds is 2. The fourth-order valence-electron chi connectivity index (χ4n) is 2.01. The molecule has 0 bridgehead atoms. The summed E-state index contributed by atoms with van der Waals surface area (Å²) < 4.78 is 32.1. The first-order valence-electron chi connectivity index (χ1n) is 5.44. The van der Waals surface area contributed by atoms with Gasteiger partial charge < -0.3 is 10.5 Å². The zero-order chi connectivity index (χ0) is 11.5. The first-order valence-corrected chi connectivity index (χ1v) is 5.44. The molecule has 88 valence electrons. The van der Waals surface area contributed by atoms with Crippen molar-refractivity contribution >= 4 is 0 Å². The molecule has 1 fully saturated rings. The third-order valence-electron chi connectivity index (χ3n) is 3.06. The van der Waals surface area contributed by atoms with E-state index in [0.29, 0.717) is 19.6 Å². The van der Waals surface area contributed by atoms with Gasteiger partial charge in [0.15, 0.2) is 0 Å². The summed E-state index contributed by atoms with van der Waals surface area (Å²) in [5.74, 6) is -1.00. The average molecular weight is 227 g/mol. The van der Waals surface area contributed by atoms with Gasteiger partial charge in [0, 0.05) is 24.1 Å². The van der Waals surface area contributed by atoms with Gasteiger partial charge in [-0.05, 0) is 25.0 Å². The Morgan fingerprint density at radius 1 is 1.31 bits per heavy atom. The lowest BCUT2D eigenvalue weighted by atomic mass is 9.90. The summed E-state index contributed by atoms with van der Waals surface area (Å²) >= 11 is 0. The minimum Gasteiger partial charge on any atom is -0.381 e. The van der Waals surface area contributed by atoms with Crippen molar-refractivity contribution < 1.29 is 13.5 Å². The van der Waals surface area contributed by atoms with E-state index in [2.05, 4.69) is 0 Å². The highest BCUT2D eigenvalue weighted by atomic mass is 19.1. The number of ether oxygens (including phenoxy) is 1. The average Bonchev–Trinajstić information content (AvgIpc) is 2.26. The minimum absolute atomic E-state index is 0.000139. The molecule has 0 aromatic heterocycles. The van der Waals surface area contributed by atoms with Gasteiger partial charge in [-0.15, -0.1) is 0 Å². The number of hydrogen-bond acceptors (Lipinski definition) is 2. The lowest BCUT2D eigenvalue weighted by Gasteiger charge is -2.28. The molecule has 1 aliphatic rings. The molecule has 1 saturated heterocycles. The lowest BCUT2D eigenvalue weighted by Crippen LogP contribution is -2.40. The molecule has 2 rings (SSSR count). The van der Waals surface area contributed by atoms with Crippen molar-refractivity contribution in [2.45, 2.75) is 18.9 Å². The second-order valence-corrected chi connectivity index (χ2v) is 4.19. The van der Waals surface area contributed by atoms with E-state index in [1.165, 1.54) is 18.2 Å². The lowest BCUT2D eigenvalue weighted by molar-refractivity contribution is 0.0416. The van der Waals surface area contributed by atoms with Gasteiger partial charge in [-0.1, -0.05) is 6.07 Å². The van der Waals surface area contributed by atoms with Gasteiger partial charge in [-0.2, -0.15) is 0 Å². The van der Waals surface area contributed by atoms with E-state index in [1.807, 2.05) is 0 Å². The molecule has 0 spiro atoms. The van der Waals surface area contributed by atoms with E-state index in [0.717, 1.165) is 6.42 Å². The van der Waals surface area contributed by atoms with E-state index in [1.54, 1.807) is 0 Å². The number of nitrogens with two attached hydrogens (primary N) is 1. The maximum Gasteiger partial charge on any atom is 0.129 e. The van der Waals surface area contributed by atoms with Crippen LogP contribution < -0.4 is 5.73 Å². The van der Waals surface area contributed by atoms with E-state index < -0.39 is 11.6 Å². The van der Waals surface area contributed by atoms with Crippen molar-refractivity contribution in [2.75, 3.05) is 13.2 Å². The van der Waals surface area contributed by atoms with Crippen LogP contribution in [0.25, 0.3) is 0 Å². The Kier molecular flexibility index (Phi) is 3.51. The van der Waals surface area contributed by atoms with Gasteiger partial charge >= 0.3 is 0 Å². The Bertz CT molecular complexity index is 350. The summed E-state index contributed by atoms with van der Waals surface area (Å²) in [6.45, 7) is 1.12. The molecular formula is C12H15F2NO. The third kappa shape index (κ3) is 2.39. The molecule has 16 heavy (non-hydrogen) atoms. The van der Waals surface area contributed by atoms with Crippen LogP contribution in [0.15, 0.2) is 18.2 Å². The molecule has 4 heteroatoms. The summed E-state index contributed by atoms with van der Waals surface area (Å²) in [5, 5.41) is 0. The first-order chi connectivity index (χ1) is 7.68. The molecule has 2 N–H and O–H groups in total. The molecule has 1 aromatic carbocycles. The normalized spacial score (nSPS) is 25.7. The van der Waals surface area contributed by atoms with E-state index in [9.17, 15) is 8.78 Å². The van der Waals surface area contributed by atoms with Crippen LogP contribution in [0.2, 0.25) is 0 Å². The van der Waals surface area contributed by atoms with Crippen molar-refractivity contribution in [3.8, 4) is 0 Å². The van der Waals surface area contributed by atoms with Crippen LogP contribution in [-0.2, 0) is 11.2 Å². The zero-order valence-corrected chi connectivity index (χ0v) is 8.96. The Morgan fingerprint density at radius 3 is 2.62 bits per heavy atom. The number of halogens is 2. The van der Waals surface area contributed by atoms with E-state index in [4.69, 9.17) is 10.5 Å². The van der Waals surface area contributed by atoms with Gasteiger partial charge in [0.25, 0.3) is 0 Å². The van der Waals surface area contributed by atoms with Crippen LogP contribution in [0.4, 0.5) is 8.78 Å². The fraction of sp³-hybridized carbons (Fsp3) is 0.500. The van der Waals surface area contributed by atoms with Crippen LogP contribution in [0.1, 0.15) is 12.0 Å². The monoisotopic (exact) mass is 227 g/mol. The highest BCUT2D eigenvalue weighted by molar-refractivity contribution is 5.20. The van der Waals surface area contributed by atoms with Crippen molar-refractivity contribution in [1.29, 1.82) is 0 Å². The second kappa shape index (κ2) is 4.89. The summed E-state index contributed by atoms with van der Waals surface area (Å²) in [7, 11) is 0. The van der Waals surface area contributed by atoms with Gasteiger partial charge in [0.1, 0.15) is 11.6 Å². The van der Waals surface area contributed by atoms with Crippen LogP contribution in [0.5, 0.6) is 0 Å². The summed E-state index contributed by atoms with van der Waals surface area (Å²) in [5.41, 5.74) is 6.02. The largest absolute Gasteiger partial charge is 0.381 e. The Hall–Kier alpha value is -1.00. The van der Waals surface area contributed by atoms with Crippen molar-refractivity contribution in [3.63, 3.8) is 0 Å². The Balaban J connectivity index is 2.13. The molecule has 1 aromatic rings. The van der Waals surface area contributed by atoms with E-state index in [-0.39, 0.29) is 17.5 Å². The van der Waals surface area contributed by atoms with Gasteiger partial charge in [0.05, 0.1) is 6.61 Å². The smallest absolute Gasteiger partial charge is 0.129 e. The molecule has 2 atom stereocenters. The van der Waals surface area contributed by atoms with Gasteiger partial charge in [-0.25, -0.2) is 8.78 Å². The van der Waals surface area contributed by atoms with Gasteiger partial charge in [-0.3, -0.25) is 0 Å². The molecule has 0 saturated carbocycles. The van der Waals surface area contributed by atoms with Crippen LogP contribution in [0.3, 0.4) is 0 Å². The first kappa shape index (κ1) is 11.5. The third-order valence-corrected chi connectivity index (χ3v) is 3.06. The quantitative estimate of drug-likeness (QED) is 0.837. The molecule has 0 radical (unpaired) electrons. The molecular weight excluding hydrogens is 212 g/mol. The fourth-order valence-corrected chi connectivity index (χ4v) is 2.01. The number of benzene rings is 1. The zero-order valence-electron chi connectivity index (χ0n) is 8.96. The predicted molar refractivity (Wildman–Crippen MR) is 57.0 cm³/mol. The minimum atomic E-state index is -0.502. The highest BCUT2D eigenvalue weighted by Crippen LogP contribution is 2.21. The Labute approximate surface area is 93.4 Å². The van der Waals surface area contributed by atoms with Crippen molar-refractivity contribution in [1.82, 2.24) is 0 Å². The summed E-state index contributed by atoms with van der Waals surface area (Å²) in [4.78, 5) is 0. The molecule has 1 aliphatic heterocycles. The summed E-state index contributed by atoms with van der Waals surface area (Å²) in [6, 6.07) is 3.87. The molecule has 0 aliphatic carbocycles. The second-order valence-electron chi connectivity index (χ2n) is 4.19. The molecule has 0 amide bonds. The summed E-state index contributed by atoms with van der Waals surface area (Å²) in [6.07, 6.45) is 1.06. The van der Waals surface area contributed by atoms with Crippen LogP contribution in [0, 0.1) is 17.6 Å².